The van der Waals surface area contributed by atoms with Crippen LogP contribution in [-0.2, 0) is 0 Å². The van der Waals surface area contributed by atoms with Gasteiger partial charge in [0.25, 0.3) is 0 Å². The lowest BCUT2D eigenvalue weighted by atomic mass is 9.96. The summed E-state index contributed by atoms with van der Waals surface area (Å²) in [6.45, 7) is 3.37. The first kappa shape index (κ1) is 13.5. The van der Waals surface area contributed by atoms with Gasteiger partial charge in [0.1, 0.15) is 4.64 Å². The molecular formula is C15H22N2S. The third kappa shape index (κ3) is 3.09. The highest BCUT2D eigenvalue weighted by atomic mass is 32.1. The SMILES string of the molecule is CCCC(/C=C1\c2cc[nH]c(=S)c21)CCCNC. The first-order chi connectivity index (χ1) is 8.77. The number of pyridine rings is 1. The Kier molecular flexibility index (Phi) is 4.72. The summed E-state index contributed by atoms with van der Waals surface area (Å²) in [6.07, 6.45) is 9.41. The maximum atomic E-state index is 5.30. The summed E-state index contributed by atoms with van der Waals surface area (Å²) in [5.74, 6) is 0.695. The van der Waals surface area contributed by atoms with Gasteiger partial charge in [0.15, 0.2) is 0 Å². The van der Waals surface area contributed by atoms with E-state index < -0.39 is 0 Å². The van der Waals surface area contributed by atoms with E-state index in [1.165, 1.54) is 42.4 Å². The van der Waals surface area contributed by atoms with Crippen LogP contribution >= 0.6 is 12.2 Å². The van der Waals surface area contributed by atoms with Crippen molar-refractivity contribution >= 4 is 17.8 Å². The smallest absolute Gasteiger partial charge is 0.111 e. The van der Waals surface area contributed by atoms with E-state index in [0.29, 0.717) is 5.92 Å². The van der Waals surface area contributed by atoms with Crippen molar-refractivity contribution in [2.75, 3.05) is 13.6 Å². The molecule has 0 bridgehead atoms. The van der Waals surface area contributed by atoms with Crippen molar-refractivity contribution in [1.82, 2.24) is 10.3 Å². The second-order valence-electron chi connectivity index (χ2n) is 4.97. The summed E-state index contributed by atoms with van der Waals surface area (Å²) in [5, 5.41) is 3.22. The molecule has 0 saturated carbocycles. The number of fused-ring (bicyclic) bond motifs is 1. The number of aromatic nitrogens is 1. The quantitative estimate of drug-likeness (QED) is 0.585. The number of H-pyrrole nitrogens is 1. The minimum Gasteiger partial charge on any atom is -0.352 e. The van der Waals surface area contributed by atoms with Crippen LogP contribution in [0.3, 0.4) is 0 Å². The van der Waals surface area contributed by atoms with Crippen molar-refractivity contribution in [3.05, 3.63) is 34.1 Å². The molecule has 98 valence electrons. The van der Waals surface area contributed by atoms with Gasteiger partial charge in [-0.1, -0.05) is 31.6 Å². The van der Waals surface area contributed by atoms with Gasteiger partial charge in [0.2, 0.25) is 0 Å². The average Bonchev–Trinajstić information content (AvgIpc) is 3.05. The molecule has 1 heterocycles. The van der Waals surface area contributed by atoms with Gasteiger partial charge in [0.05, 0.1) is 0 Å². The number of nitrogens with one attached hydrogen (secondary N) is 2. The molecule has 0 amide bonds. The number of rotatable bonds is 7. The Morgan fingerprint density at radius 3 is 2.94 bits per heavy atom. The molecule has 0 aliphatic heterocycles. The second-order valence-corrected chi connectivity index (χ2v) is 5.38. The van der Waals surface area contributed by atoms with Gasteiger partial charge in [-0.3, -0.25) is 0 Å². The van der Waals surface area contributed by atoms with Crippen LogP contribution in [0.4, 0.5) is 0 Å². The summed E-state index contributed by atoms with van der Waals surface area (Å²) < 4.78 is 0.893. The molecule has 1 aliphatic rings. The van der Waals surface area contributed by atoms with E-state index in [9.17, 15) is 0 Å². The van der Waals surface area contributed by atoms with Crippen LogP contribution in [0.5, 0.6) is 0 Å². The summed E-state index contributed by atoms with van der Waals surface area (Å²) >= 11 is 5.30. The highest BCUT2D eigenvalue weighted by Gasteiger charge is 2.27. The van der Waals surface area contributed by atoms with Crippen molar-refractivity contribution in [3.63, 3.8) is 0 Å². The summed E-state index contributed by atoms with van der Waals surface area (Å²) in [5.41, 5.74) is 4.03. The summed E-state index contributed by atoms with van der Waals surface area (Å²) in [6, 6.07) is 2.13. The molecule has 0 radical (unpaired) electrons. The molecule has 2 nitrogen and oxygen atoms in total. The lowest BCUT2D eigenvalue weighted by Crippen LogP contribution is -2.09. The second kappa shape index (κ2) is 6.30. The van der Waals surface area contributed by atoms with Gasteiger partial charge in [-0.2, -0.15) is 0 Å². The van der Waals surface area contributed by atoms with E-state index in [4.69, 9.17) is 12.2 Å². The minimum atomic E-state index is 0.695. The van der Waals surface area contributed by atoms with Crippen molar-refractivity contribution in [2.24, 2.45) is 5.92 Å². The number of hydrogen-bond donors (Lipinski definition) is 2. The number of hydrogen-bond acceptors (Lipinski definition) is 2. The first-order valence-electron chi connectivity index (χ1n) is 6.86. The molecule has 0 aromatic carbocycles. The predicted molar refractivity (Wildman–Crippen MR) is 80.3 cm³/mol. The minimum absolute atomic E-state index is 0.695. The lowest BCUT2D eigenvalue weighted by Gasteiger charge is -2.10. The first-order valence-corrected chi connectivity index (χ1v) is 7.27. The van der Waals surface area contributed by atoms with E-state index in [-0.39, 0.29) is 0 Å². The number of aromatic amines is 1. The Balaban J connectivity index is 2.02. The van der Waals surface area contributed by atoms with E-state index in [2.05, 4.69) is 29.4 Å². The van der Waals surface area contributed by atoms with Crippen molar-refractivity contribution in [3.8, 4) is 0 Å². The molecule has 1 aliphatic carbocycles. The topological polar surface area (TPSA) is 27.8 Å². The van der Waals surface area contributed by atoms with Crippen molar-refractivity contribution < 1.29 is 0 Å². The maximum Gasteiger partial charge on any atom is 0.111 e. The largest absolute Gasteiger partial charge is 0.352 e. The Morgan fingerprint density at radius 2 is 2.28 bits per heavy atom. The van der Waals surface area contributed by atoms with Crippen molar-refractivity contribution in [1.29, 1.82) is 0 Å². The van der Waals surface area contributed by atoms with E-state index in [0.717, 1.165) is 11.2 Å². The standard InChI is InChI=1S/C15H22N2S/c1-3-5-11(6-4-8-16-2)10-13-12-7-9-17-15(18)14(12)13/h7,9-11,16H,3-6,8H2,1-2H3,(H,17,18)/b13-10+. The maximum absolute atomic E-state index is 5.30. The Labute approximate surface area is 115 Å². The molecule has 2 rings (SSSR count). The highest BCUT2D eigenvalue weighted by molar-refractivity contribution is 7.71. The van der Waals surface area contributed by atoms with E-state index in [1.807, 2.05) is 13.2 Å². The molecule has 0 spiro atoms. The van der Waals surface area contributed by atoms with Gasteiger partial charge in [-0.15, -0.1) is 0 Å². The third-order valence-electron chi connectivity index (χ3n) is 3.52. The molecule has 0 fully saturated rings. The normalized spacial score (nSPS) is 16.7. The fourth-order valence-corrected chi connectivity index (χ4v) is 2.83. The Bertz CT molecular complexity index is 488. The molecule has 0 saturated heterocycles. The van der Waals surface area contributed by atoms with Gasteiger partial charge >= 0.3 is 0 Å². The fraction of sp³-hybridized carbons (Fsp3) is 0.533. The predicted octanol–water partition coefficient (Wildman–Crippen LogP) is 3.91. The van der Waals surface area contributed by atoms with E-state index in [1.54, 1.807) is 0 Å². The Morgan fingerprint density at radius 1 is 1.44 bits per heavy atom. The summed E-state index contributed by atoms with van der Waals surface area (Å²) in [7, 11) is 2.02. The molecule has 1 aromatic rings. The summed E-state index contributed by atoms with van der Waals surface area (Å²) in [4.78, 5) is 3.10. The van der Waals surface area contributed by atoms with Crippen LogP contribution in [0.15, 0.2) is 18.3 Å². The molecule has 1 aromatic heterocycles. The molecule has 3 heteroatoms. The van der Waals surface area contributed by atoms with Gasteiger partial charge in [-0.25, -0.2) is 0 Å². The molecule has 1 unspecified atom stereocenters. The zero-order chi connectivity index (χ0) is 13.0. The van der Waals surface area contributed by atoms with Gasteiger partial charge in [-0.05, 0) is 56.0 Å². The van der Waals surface area contributed by atoms with Crippen LogP contribution in [-0.4, -0.2) is 18.6 Å². The Hall–Kier alpha value is -0.930. The van der Waals surface area contributed by atoms with Crippen LogP contribution in [0.1, 0.15) is 43.7 Å². The van der Waals surface area contributed by atoms with E-state index >= 15 is 0 Å². The monoisotopic (exact) mass is 262 g/mol. The van der Waals surface area contributed by atoms with Gasteiger partial charge < -0.3 is 10.3 Å². The zero-order valence-corrected chi connectivity index (χ0v) is 12.1. The third-order valence-corrected chi connectivity index (χ3v) is 3.84. The molecule has 1 atom stereocenters. The van der Waals surface area contributed by atoms with Crippen LogP contribution in [0.2, 0.25) is 0 Å². The van der Waals surface area contributed by atoms with Crippen LogP contribution in [0.25, 0.3) is 5.57 Å². The zero-order valence-electron chi connectivity index (χ0n) is 11.3. The molecular weight excluding hydrogens is 240 g/mol. The van der Waals surface area contributed by atoms with Crippen LogP contribution < -0.4 is 5.32 Å². The average molecular weight is 262 g/mol. The molecule has 18 heavy (non-hydrogen) atoms. The fourth-order valence-electron chi connectivity index (χ4n) is 2.54. The van der Waals surface area contributed by atoms with Gasteiger partial charge in [0, 0.05) is 11.8 Å². The van der Waals surface area contributed by atoms with Crippen LogP contribution in [0, 0.1) is 10.6 Å². The highest BCUT2D eigenvalue weighted by Crippen LogP contribution is 2.43. The van der Waals surface area contributed by atoms with Crippen molar-refractivity contribution in [2.45, 2.75) is 32.6 Å². The molecule has 2 N–H and O–H groups in total. The lowest BCUT2D eigenvalue weighted by molar-refractivity contribution is 0.509. The number of allylic oxidation sites excluding steroid dienone is 1.